The number of rotatable bonds is 9. The number of unbranched alkanes of at least 4 members (excludes halogenated alkanes) is 2. The number of ether oxygens (including phenoxy) is 3. The van der Waals surface area contributed by atoms with Gasteiger partial charge in [-0.1, -0.05) is 26.7 Å². The van der Waals surface area contributed by atoms with Crippen molar-refractivity contribution in [2.45, 2.75) is 52.4 Å². The Balaban J connectivity index is 3.57. The number of benzene rings is 1. The zero-order valence-corrected chi connectivity index (χ0v) is 14.3. The van der Waals surface area contributed by atoms with E-state index in [9.17, 15) is 9.90 Å². The van der Waals surface area contributed by atoms with E-state index in [0.29, 0.717) is 35.5 Å². The summed E-state index contributed by atoms with van der Waals surface area (Å²) in [5.74, 6) is 0.655. The molecule has 0 saturated heterocycles. The summed E-state index contributed by atoms with van der Waals surface area (Å²) in [6, 6.07) is 0. The van der Waals surface area contributed by atoms with Crippen LogP contribution in [0.25, 0.3) is 0 Å². The Morgan fingerprint density at radius 2 is 1.39 bits per heavy atom. The molecule has 0 amide bonds. The maximum Gasteiger partial charge on any atom is 0.511 e. The molecule has 0 atom stereocenters. The fourth-order valence-electron chi connectivity index (χ4n) is 2.56. The van der Waals surface area contributed by atoms with Crippen LogP contribution in [0, 0.1) is 0 Å². The topological polar surface area (TPSA) is 85.2 Å². The van der Waals surface area contributed by atoms with E-state index in [1.54, 1.807) is 0 Å². The van der Waals surface area contributed by atoms with E-state index in [0.717, 1.165) is 25.7 Å². The maximum absolute atomic E-state index is 11.0. The first kappa shape index (κ1) is 18.9. The van der Waals surface area contributed by atoms with Crippen molar-refractivity contribution in [3.8, 4) is 23.0 Å². The Labute approximate surface area is 137 Å². The minimum absolute atomic E-state index is 0.0466. The van der Waals surface area contributed by atoms with Gasteiger partial charge in [0.25, 0.3) is 0 Å². The van der Waals surface area contributed by atoms with Gasteiger partial charge in [-0.3, -0.25) is 0 Å². The monoisotopic (exact) mass is 326 g/mol. The fourth-order valence-corrected chi connectivity index (χ4v) is 2.56. The second kappa shape index (κ2) is 9.12. The molecule has 1 rings (SSSR count). The fraction of sp³-hybridized carbons (Fsp3) is 0.588. The predicted molar refractivity (Wildman–Crippen MR) is 87.1 cm³/mol. The van der Waals surface area contributed by atoms with Gasteiger partial charge in [0.15, 0.2) is 23.0 Å². The third kappa shape index (κ3) is 4.43. The van der Waals surface area contributed by atoms with Crippen molar-refractivity contribution in [3.63, 3.8) is 0 Å². The first-order valence-corrected chi connectivity index (χ1v) is 7.91. The number of hydrogen-bond donors (Lipinski definition) is 2. The number of aromatic hydroxyl groups is 1. The molecule has 0 aliphatic carbocycles. The molecule has 1 aromatic rings. The number of methoxy groups -OCH3 is 2. The van der Waals surface area contributed by atoms with Gasteiger partial charge in [-0.15, -0.1) is 0 Å². The summed E-state index contributed by atoms with van der Waals surface area (Å²) in [7, 11) is 3.01. The van der Waals surface area contributed by atoms with Gasteiger partial charge in [-0.2, -0.15) is 0 Å². The average molecular weight is 326 g/mol. The van der Waals surface area contributed by atoms with E-state index in [1.165, 1.54) is 14.2 Å². The molecule has 0 aliphatic rings. The molecule has 0 aromatic heterocycles. The molecule has 0 fully saturated rings. The standard InChI is InChI=1S/C17H26O6/c1-5-7-9-11-13(18)14(23-17(19)20)12(10-8-6-2)16(22-4)15(11)21-3/h18H,5-10H2,1-4H3,(H,19,20). The molecule has 0 bridgehead atoms. The normalized spacial score (nSPS) is 10.4. The summed E-state index contributed by atoms with van der Waals surface area (Å²) in [5, 5.41) is 19.5. The zero-order valence-electron chi connectivity index (χ0n) is 14.3. The van der Waals surface area contributed by atoms with Crippen LogP contribution in [0.15, 0.2) is 0 Å². The van der Waals surface area contributed by atoms with Crippen LogP contribution in [0.4, 0.5) is 4.79 Å². The maximum atomic E-state index is 11.0. The summed E-state index contributed by atoms with van der Waals surface area (Å²) in [6.45, 7) is 4.06. The number of phenolic OH excluding ortho intramolecular Hbond substituents is 1. The molecular formula is C17H26O6. The van der Waals surface area contributed by atoms with Gasteiger partial charge < -0.3 is 24.4 Å². The lowest BCUT2D eigenvalue weighted by atomic mass is 9.98. The largest absolute Gasteiger partial charge is 0.511 e. The average Bonchev–Trinajstić information content (AvgIpc) is 2.53. The smallest absolute Gasteiger partial charge is 0.504 e. The third-order valence-corrected chi connectivity index (χ3v) is 3.69. The first-order chi connectivity index (χ1) is 11.0. The van der Waals surface area contributed by atoms with Gasteiger partial charge in [0, 0.05) is 11.1 Å². The summed E-state index contributed by atoms with van der Waals surface area (Å²) in [4.78, 5) is 11.0. The van der Waals surface area contributed by atoms with Crippen LogP contribution in [-0.4, -0.2) is 30.6 Å². The van der Waals surface area contributed by atoms with Crippen molar-refractivity contribution in [1.82, 2.24) is 0 Å². The van der Waals surface area contributed by atoms with Gasteiger partial charge in [-0.05, 0) is 25.7 Å². The number of carbonyl (C=O) groups is 1. The quantitative estimate of drug-likeness (QED) is 0.524. The molecule has 0 heterocycles. The van der Waals surface area contributed by atoms with E-state index in [1.807, 2.05) is 13.8 Å². The van der Waals surface area contributed by atoms with Crippen LogP contribution in [0.1, 0.15) is 50.7 Å². The van der Waals surface area contributed by atoms with Crippen molar-refractivity contribution < 1.29 is 29.2 Å². The molecule has 6 nitrogen and oxygen atoms in total. The summed E-state index contributed by atoms with van der Waals surface area (Å²) >= 11 is 0. The number of carboxylic acid groups (broad SMARTS) is 1. The Hall–Kier alpha value is -2.11. The molecule has 6 heteroatoms. The molecule has 1 aromatic carbocycles. The molecular weight excluding hydrogens is 300 g/mol. The summed E-state index contributed by atoms with van der Waals surface area (Å²) < 4.78 is 15.8. The Bertz CT molecular complexity index is 539. The van der Waals surface area contributed by atoms with Crippen LogP contribution < -0.4 is 14.2 Å². The van der Waals surface area contributed by atoms with Crippen molar-refractivity contribution in [1.29, 1.82) is 0 Å². The first-order valence-electron chi connectivity index (χ1n) is 7.91. The van der Waals surface area contributed by atoms with Crippen LogP contribution >= 0.6 is 0 Å². The van der Waals surface area contributed by atoms with Crippen LogP contribution in [0.5, 0.6) is 23.0 Å². The highest BCUT2D eigenvalue weighted by Crippen LogP contribution is 2.49. The molecule has 0 saturated carbocycles. The highest BCUT2D eigenvalue weighted by Gasteiger charge is 2.27. The van der Waals surface area contributed by atoms with Gasteiger partial charge in [0.05, 0.1) is 14.2 Å². The van der Waals surface area contributed by atoms with Crippen molar-refractivity contribution >= 4 is 6.16 Å². The highest BCUT2D eigenvalue weighted by atomic mass is 16.7. The zero-order chi connectivity index (χ0) is 17.4. The van der Waals surface area contributed by atoms with Crippen LogP contribution in [-0.2, 0) is 12.8 Å². The van der Waals surface area contributed by atoms with E-state index in [4.69, 9.17) is 19.3 Å². The second-order valence-electron chi connectivity index (χ2n) is 5.28. The minimum atomic E-state index is -1.47. The lowest BCUT2D eigenvalue weighted by Crippen LogP contribution is -2.09. The lowest BCUT2D eigenvalue weighted by molar-refractivity contribution is 0.142. The Morgan fingerprint density at radius 1 is 0.913 bits per heavy atom. The van der Waals surface area contributed by atoms with Crippen molar-refractivity contribution in [2.75, 3.05) is 14.2 Å². The van der Waals surface area contributed by atoms with E-state index < -0.39 is 6.16 Å². The van der Waals surface area contributed by atoms with Gasteiger partial charge >= 0.3 is 6.16 Å². The number of phenols is 1. The molecule has 0 spiro atoms. The summed E-state index contributed by atoms with van der Waals surface area (Å²) in [6.07, 6.45) is 3.09. The molecule has 0 unspecified atom stereocenters. The molecule has 0 aliphatic heterocycles. The summed E-state index contributed by atoms with van der Waals surface area (Å²) in [5.41, 5.74) is 1.04. The highest BCUT2D eigenvalue weighted by molar-refractivity contribution is 5.71. The molecule has 130 valence electrons. The third-order valence-electron chi connectivity index (χ3n) is 3.69. The molecule has 0 radical (unpaired) electrons. The minimum Gasteiger partial charge on any atom is -0.504 e. The van der Waals surface area contributed by atoms with E-state index in [-0.39, 0.29) is 11.5 Å². The van der Waals surface area contributed by atoms with Crippen LogP contribution in [0.2, 0.25) is 0 Å². The van der Waals surface area contributed by atoms with Crippen LogP contribution in [0.3, 0.4) is 0 Å². The Morgan fingerprint density at radius 3 is 1.83 bits per heavy atom. The number of hydrogen-bond acceptors (Lipinski definition) is 5. The van der Waals surface area contributed by atoms with E-state index >= 15 is 0 Å². The predicted octanol–water partition coefficient (Wildman–Crippen LogP) is 4.15. The second-order valence-corrected chi connectivity index (χ2v) is 5.28. The van der Waals surface area contributed by atoms with Crippen molar-refractivity contribution in [2.24, 2.45) is 0 Å². The van der Waals surface area contributed by atoms with Gasteiger partial charge in [0.1, 0.15) is 0 Å². The SMILES string of the molecule is CCCCc1c(O)c(OC(=O)O)c(CCCC)c(OC)c1OC. The van der Waals surface area contributed by atoms with E-state index in [2.05, 4.69) is 0 Å². The van der Waals surface area contributed by atoms with Gasteiger partial charge in [0.2, 0.25) is 0 Å². The van der Waals surface area contributed by atoms with Crippen molar-refractivity contribution in [3.05, 3.63) is 11.1 Å². The lowest BCUT2D eigenvalue weighted by Gasteiger charge is -2.21. The Kier molecular flexibility index (Phi) is 7.51. The van der Waals surface area contributed by atoms with Gasteiger partial charge in [-0.25, -0.2) is 4.79 Å². The molecule has 23 heavy (non-hydrogen) atoms. The molecule has 2 N–H and O–H groups in total.